The van der Waals surface area contributed by atoms with Crippen molar-refractivity contribution in [3.8, 4) is 11.8 Å². The summed E-state index contributed by atoms with van der Waals surface area (Å²) in [5, 5.41) is 6.77. The number of hydrogen-bond donors (Lipinski definition) is 2. The van der Waals surface area contributed by atoms with E-state index in [-0.39, 0.29) is 17.3 Å². The zero-order valence-electron chi connectivity index (χ0n) is 15.2. The van der Waals surface area contributed by atoms with Crippen LogP contribution >= 0.6 is 0 Å². The molecule has 2 aliphatic rings. The molecule has 2 saturated carbocycles. The Morgan fingerprint density at radius 1 is 1.07 bits per heavy atom. The fraction of sp³-hybridized carbons (Fsp3) is 0.348. The summed E-state index contributed by atoms with van der Waals surface area (Å²) >= 11 is 0. The van der Waals surface area contributed by atoms with E-state index >= 15 is 0 Å². The number of nitrogens with one attached hydrogen (secondary N) is 2. The maximum absolute atomic E-state index is 13.6. The summed E-state index contributed by atoms with van der Waals surface area (Å²) in [6.07, 6.45) is 6.00. The molecule has 0 aliphatic heterocycles. The van der Waals surface area contributed by atoms with Crippen LogP contribution in [0.1, 0.15) is 53.6 Å². The Balaban J connectivity index is 1.36. The monoisotopic (exact) mass is 362 g/mol. The molecule has 0 heterocycles. The highest BCUT2D eigenvalue weighted by atomic mass is 19.1. The first-order chi connectivity index (χ1) is 13.1. The smallest absolute Gasteiger partial charge is 0.251 e. The van der Waals surface area contributed by atoms with E-state index in [1.165, 1.54) is 25.3 Å². The van der Waals surface area contributed by atoms with Gasteiger partial charge in [0.25, 0.3) is 5.91 Å². The van der Waals surface area contributed by atoms with Crippen LogP contribution in [0.3, 0.4) is 0 Å². The van der Waals surface area contributed by atoms with E-state index in [1.54, 1.807) is 42.5 Å². The standard InChI is InChI=1S/C23H23FN2O/c24-21-5-2-1-4-18(21)9-6-17-7-10-19(11-8-17)22(27)25-16-23(14-3-15-23)26-20-12-13-20/h1-2,4-5,7-8,10-11,20,26H,3,12-16H2,(H,25,27). The number of rotatable bonds is 5. The van der Waals surface area contributed by atoms with Gasteiger partial charge in [0.05, 0.1) is 5.56 Å². The van der Waals surface area contributed by atoms with E-state index in [0.29, 0.717) is 23.7 Å². The van der Waals surface area contributed by atoms with Crippen LogP contribution in [0.25, 0.3) is 0 Å². The third-order valence-corrected chi connectivity index (χ3v) is 5.35. The van der Waals surface area contributed by atoms with Gasteiger partial charge in [0.2, 0.25) is 0 Å². The summed E-state index contributed by atoms with van der Waals surface area (Å²) in [6.45, 7) is 0.678. The largest absolute Gasteiger partial charge is 0.350 e. The van der Waals surface area contributed by atoms with Gasteiger partial charge in [-0.1, -0.05) is 24.0 Å². The number of hydrogen-bond acceptors (Lipinski definition) is 2. The highest BCUT2D eigenvalue weighted by molar-refractivity contribution is 5.94. The quantitative estimate of drug-likeness (QED) is 0.798. The van der Waals surface area contributed by atoms with Gasteiger partial charge in [-0.05, 0) is 68.5 Å². The lowest BCUT2D eigenvalue weighted by Crippen LogP contribution is -2.58. The Bertz CT molecular complexity index is 887. The lowest BCUT2D eigenvalue weighted by Gasteiger charge is -2.43. The SMILES string of the molecule is O=C(NCC1(NC2CC2)CCC1)c1ccc(C#Cc2ccccc2F)cc1. The number of carbonyl (C=O) groups is 1. The zero-order valence-corrected chi connectivity index (χ0v) is 15.2. The first kappa shape index (κ1) is 17.8. The van der Waals surface area contributed by atoms with Crippen molar-refractivity contribution in [3.63, 3.8) is 0 Å². The van der Waals surface area contributed by atoms with Crippen LogP contribution in [0.4, 0.5) is 4.39 Å². The molecule has 138 valence electrons. The van der Waals surface area contributed by atoms with Crippen LogP contribution in [0.2, 0.25) is 0 Å². The maximum Gasteiger partial charge on any atom is 0.251 e. The van der Waals surface area contributed by atoms with Crippen molar-refractivity contribution >= 4 is 5.91 Å². The Kier molecular flexibility index (Phi) is 4.96. The second-order valence-electron chi connectivity index (χ2n) is 7.54. The first-order valence-corrected chi connectivity index (χ1v) is 9.56. The molecule has 0 radical (unpaired) electrons. The summed E-state index contributed by atoms with van der Waals surface area (Å²) in [5.41, 5.74) is 1.84. The van der Waals surface area contributed by atoms with Gasteiger partial charge in [0, 0.05) is 29.3 Å². The average Bonchev–Trinajstić information content (AvgIpc) is 3.47. The van der Waals surface area contributed by atoms with Crippen molar-refractivity contribution in [3.05, 3.63) is 71.0 Å². The zero-order chi connectivity index (χ0) is 18.7. The van der Waals surface area contributed by atoms with E-state index in [9.17, 15) is 9.18 Å². The maximum atomic E-state index is 13.6. The van der Waals surface area contributed by atoms with Gasteiger partial charge in [-0.3, -0.25) is 4.79 Å². The number of amides is 1. The second kappa shape index (κ2) is 7.54. The van der Waals surface area contributed by atoms with Crippen LogP contribution in [0, 0.1) is 17.7 Å². The number of halogens is 1. The molecule has 1 amide bonds. The van der Waals surface area contributed by atoms with E-state index in [0.717, 1.165) is 18.4 Å². The highest BCUT2D eigenvalue weighted by Gasteiger charge is 2.41. The minimum absolute atomic E-state index is 0.0625. The van der Waals surface area contributed by atoms with Crippen molar-refractivity contribution in [2.75, 3.05) is 6.54 Å². The molecular weight excluding hydrogens is 339 g/mol. The Morgan fingerprint density at radius 3 is 2.44 bits per heavy atom. The third kappa shape index (κ3) is 4.37. The molecule has 0 saturated heterocycles. The molecule has 4 heteroatoms. The Morgan fingerprint density at radius 2 is 1.81 bits per heavy atom. The summed E-state index contributed by atoms with van der Waals surface area (Å²) in [6, 6.07) is 14.2. The molecule has 0 unspecified atom stereocenters. The van der Waals surface area contributed by atoms with Gasteiger partial charge in [0.15, 0.2) is 0 Å². The predicted molar refractivity (Wildman–Crippen MR) is 104 cm³/mol. The Labute approximate surface area is 159 Å². The molecular formula is C23H23FN2O. The molecule has 0 atom stereocenters. The molecule has 0 spiro atoms. The highest BCUT2D eigenvalue weighted by Crippen LogP contribution is 2.35. The number of carbonyl (C=O) groups excluding carboxylic acids is 1. The van der Waals surface area contributed by atoms with Crippen LogP contribution in [-0.2, 0) is 0 Å². The van der Waals surface area contributed by atoms with E-state index < -0.39 is 0 Å². The topological polar surface area (TPSA) is 41.1 Å². The van der Waals surface area contributed by atoms with Gasteiger partial charge in [-0.2, -0.15) is 0 Å². The fourth-order valence-electron chi connectivity index (χ4n) is 3.39. The van der Waals surface area contributed by atoms with Crippen molar-refractivity contribution in [2.45, 2.75) is 43.7 Å². The molecule has 3 nitrogen and oxygen atoms in total. The summed E-state index contributed by atoms with van der Waals surface area (Å²) in [7, 11) is 0. The van der Waals surface area contributed by atoms with Crippen LogP contribution < -0.4 is 10.6 Å². The lowest BCUT2D eigenvalue weighted by atomic mass is 9.76. The fourth-order valence-corrected chi connectivity index (χ4v) is 3.39. The molecule has 27 heavy (non-hydrogen) atoms. The first-order valence-electron chi connectivity index (χ1n) is 9.56. The molecule has 2 aromatic carbocycles. The van der Waals surface area contributed by atoms with Gasteiger partial charge >= 0.3 is 0 Å². The van der Waals surface area contributed by atoms with Crippen molar-refractivity contribution < 1.29 is 9.18 Å². The van der Waals surface area contributed by atoms with Crippen molar-refractivity contribution in [1.29, 1.82) is 0 Å². The van der Waals surface area contributed by atoms with Crippen LogP contribution in [0.5, 0.6) is 0 Å². The number of benzene rings is 2. The van der Waals surface area contributed by atoms with Gasteiger partial charge in [-0.15, -0.1) is 0 Å². The van der Waals surface area contributed by atoms with Gasteiger partial charge in [-0.25, -0.2) is 4.39 Å². The summed E-state index contributed by atoms with van der Waals surface area (Å²) < 4.78 is 13.6. The van der Waals surface area contributed by atoms with Crippen LogP contribution in [-0.4, -0.2) is 24.0 Å². The van der Waals surface area contributed by atoms with Crippen molar-refractivity contribution in [1.82, 2.24) is 10.6 Å². The van der Waals surface area contributed by atoms with Gasteiger partial charge < -0.3 is 10.6 Å². The molecule has 0 aromatic heterocycles. The average molecular weight is 362 g/mol. The summed E-state index contributed by atoms with van der Waals surface area (Å²) in [5.74, 6) is 5.38. The van der Waals surface area contributed by atoms with Crippen molar-refractivity contribution in [2.24, 2.45) is 0 Å². The molecule has 2 N–H and O–H groups in total. The third-order valence-electron chi connectivity index (χ3n) is 5.35. The normalized spacial score (nSPS) is 17.4. The van der Waals surface area contributed by atoms with Gasteiger partial charge in [0.1, 0.15) is 5.82 Å². The molecule has 2 aromatic rings. The molecule has 2 aliphatic carbocycles. The predicted octanol–water partition coefficient (Wildman–Crippen LogP) is 3.63. The van der Waals surface area contributed by atoms with E-state index in [1.807, 2.05) is 0 Å². The Hall–Kier alpha value is -2.64. The van der Waals surface area contributed by atoms with Crippen LogP contribution in [0.15, 0.2) is 48.5 Å². The van der Waals surface area contributed by atoms with E-state index in [2.05, 4.69) is 22.5 Å². The van der Waals surface area contributed by atoms with E-state index in [4.69, 9.17) is 0 Å². The second-order valence-corrected chi connectivity index (χ2v) is 7.54. The minimum atomic E-state index is -0.328. The minimum Gasteiger partial charge on any atom is -0.350 e. The molecule has 2 fully saturated rings. The summed E-state index contributed by atoms with van der Waals surface area (Å²) in [4.78, 5) is 12.4. The molecule has 0 bridgehead atoms. The molecule has 4 rings (SSSR count). The lowest BCUT2D eigenvalue weighted by molar-refractivity contribution is 0.0911.